The number of ether oxygens (including phenoxy) is 3. The van der Waals surface area contributed by atoms with Crippen molar-refractivity contribution in [2.45, 2.75) is 12.7 Å². The molecule has 0 aromatic carbocycles. The third kappa shape index (κ3) is 4.87. The van der Waals surface area contributed by atoms with Gasteiger partial charge in [0.2, 0.25) is 0 Å². The van der Waals surface area contributed by atoms with Gasteiger partial charge in [-0.3, -0.25) is 4.79 Å². The highest BCUT2D eigenvalue weighted by Crippen LogP contribution is 1.99. The van der Waals surface area contributed by atoms with Gasteiger partial charge < -0.3 is 14.2 Å². The number of methoxy groups -OCH3 is 3. The summed E-state index contributed by atoms with van der Waals surface area (Å²) in [6.07, 6.45) is 2.39. The molecule has 0 bridgehead atoms. The summed E-state index contributed by atoms with van der Waals surface area (Å²) in [5.41, 5.74) is 0. The molecule has 0 aliphatic rings. The van der Waals surface area contributed by atoms with Crippen LogP contribution in [0.3, 0.4) is 0 Å². The number of carbonyl (C=O) groups excluding carboxylic acids is 1. The van der Waals surface area contributed by atoms with Crippen LogP contribution in [0.15, 0.2) is 12.3 Å². The average molecular weight is 174 g/mol. The second-order valence-corrected chi connectivity index (χ2v) is 2.11. The monoisotopic (exact) mass is 174 g/mol. The molecule has 0 unspecified atom stereocenters. The van der Waals surface area contributed by atoms with Crippen LogP contribution in [0, 0.1) is 0 Å². The van der Waals surface area contributed by atoms with E-state index >= 15 is 0 Å². The minimum atomic E-state index is -0.473. The normalized spacial score (nSPS) is 11.0. The molecule has 0 atom stereocenters. The number of carbonyl (C=O) groups is 1. The predicted molar refractivity (Wildman–Crippen MR) is 43.6 cm³/mol. The summed E-state index contributed by atoms with van der Waals surface area (Å²) in [6.45, 7) is 0. The van der Waals surface area contributed by atoms with E-state index in [1.807, 2.05) is 0 Å². The third-order valence-corrected chi connectivity index (χ3v) is 1.28. The van der Waals surface area contributed by atoms with Crippen molar-refractivity contribution in [2.75, 3.05) is 21.3 Å². The highest BCUT2D eigenvalue weighted by atomic mass is 16.7. The van der Waals surface area contributed by atoms with Gasteiger partial charge in [0.25, 0.3) is 0 Å². The van der Waals surface area contributed by atoms with Gasteiger partial charge in [0, 0.05) is 20.3 Å². The zero-order valence-corrected chi connectivity index (χ0v) is 7.57. The van der Waals surface area contributed by atoms with Gasteiger partial charge in [-0.1, -0.05) is 0 Å². The summed E-state index contributed by atoms with van der Waals surface area (Å²) in [5, 5.41) is 0. The average Bonchev–Trinajstić information content (AvgIpc) is 2.10. The second-order valence-electron chi connectivity index (χ2n) is 2.11. The molecule has 0 aliphatic heterocycles. The molecular formula is C8H14O4. The molecule has 0 rings (SSSR count). The van der Waals surface area contributed by atoms with Crippen molar-refractivity contribution >= 4 is 5.78 Å². The Bertz CT molecular complexity index is 149. The van der Waals surface area contributed by atoms with Crippen LogP contribution in [0.5, 0.6) is 0 Å². The van der Waals surface area contributed by atoms with Crippen molar-refractivity contribution in [1.82, 2.24) is 0 Å². The molecule has 4 nitrogen and oxygen atoms in total. The van der Waals surface area contributed by atoms with E-state index < -0.39 is 6.29 Å². The summed E-state index contributed by atoms with van der Waals surface area (Å²) in [7, 11) is 4.46. The summed E-state index contributed by atoms with van der Waals surface area (Å²) in [4.78, 5) is 11.0. The van der Waals surface area contributed by atoms with Crippen LogP contribution in [0.25, 0.3) is 0 Å². The number of allylic oxidation sites excluding steroid dienone is 1. The van der Waals surface area contributed by atoms with Crippen molar-refractivity contribution in [3.8, 4) is 0 Å². The Balaban J connectivity index is 3.73. The first-order valence-electron chi connectivity index (χ1n) is 3.52. The van der Waals surface area contributed by atoms with Crippen LogP contribution in [-0.2, 0) is 19.0 Å². The van der Waals surface area contributed by atoms with E-state index in [0.717, 1.165) is 0 Å². The van der Waals surface area contributed by atoms with Crippen molar-refractivity contribution in [1.29, 1.82) is 0 Å². The molecule has 0 saturated carbocycles. The van der Waals surface area contributed by atoms with E-state index in [9.17, 15) is 4.79 Å². The van der Waals surface area contributed by atoms with Crippen LogP contribution >= 0.6 is 0 Å². The molecule has 0 saturated heterocycles. The number of ketones is 1. The van der Waals surface area contributed by atoms with Gasteiger partial charge in [-0.15, -0.1) is 0 Å². The van der Waals surface area contributed by atoms with Gasteiger partial charge in [0.05, 0.1) is 19.8 Å². The molecule has 0 aromatic heterocycles. The maximum Gasteiger partial charge on any atom is 0.164 e. The molecule has 12 heavy (non-hydrogen) atoms. The fourth-order valence-electron chi connectivity index (χ4n) is 0.639. The minimum absolute atomic E-state index is 0.0921. The summed E-state index contributed by atoms with van der Waals surface area (Å²) < 4.78 is 14.2. The van der Waals surface area contributed by atoms with Crippen molar-refractivity contribution in [3.05, 3.63) is 12.3 Å². The number of hydrogen-bond donors (Lipinski definition) is 0. The van der Waals surface area contributed by atoms with Gasteiger partial charge in [-0.25, -0.2) is 0 Å². The Kier molecular flexibility index (Phi) is 6.32. The van der Waals surface area contributed by atoms with Gasteiger partial charge in [0.15, 0.2) is 12.1 Å². The highest BCUT2D eigenvalue weighted by Gasteiger charge is 2.08. The van der Waals surface area contributed by atoms with E-state index in [0.29, 0.717) is 0 Å². The first-order valence-corrected chi connectivity index (χ1v) is 3.52. The molecule has 4 heteroatoms. The van der Waals surface area contributed by atoms with Crippen LogP contribution in [0.1, 0.15) is 6.42 Å². The molecule has 70 valence electrons. The third-order valence-electron chi connectivity index (χ3n) is 1.28. The molecule has 0 spiro atoms. The minimum Gasteiger partial charge on any atom is -0.504 e. The molecule has 0 fully saturated rings. The largest absolute Gasteiger partial charge is 0.504 e. The zero-order valence-electron chi connectivity index (χ0n) is 7.57. The first kappa shape index (κ1) is 11.1. The molecule has 0 N–H and O–H groups in total. The van der Waals surface area contributed by atoms with Crippen LogP contribution in [0.4, 0.5) is 0 Å². The standard InChI is InChI=1S/C8H14O4/c1-10-5-4-7(9)6-8(11-2)12-3/h4-5,8H,6H2,1-3H3. The zero-order chi connectivity index (χ0) is 9.40. The van der Waals surface area contributed by atoms with Crippen LogP contribution in [0.2, 0.25) is 0 Å². The SMILES string of the molecule is COC=CC(=O)CC(OC)OC. The maximum atomic E-state index is 11.0. The van der Waals surface area contributed by atoms with Crippen molar-refractivity contribution < 1.29 is 19.0 Å². The van der Waals surface area contributed by atoms with Crippen LogP contribution < -0.4 is 0 Å². The lowest BCUT2D eigenvalue weighted by Crippen LogP contribution is -2.16. The van der Waals surface area contributed by atoms with E-state index in [2.05, 4.69) is 4.74 Å². The van der Waals surface area contributed by atoms with E-state index in [1.165, 1.54) is 33.7 Å². The smallest absolute Gasteiger partial charge is 0.164 e. The molecule has 0 heterocycles. The summed E-state index contributed by atoms with van der Waals surface area (Å²) in [6, 6.07) is 0. The Morgan fingerprint density at radius 3 is 2.33 bits per heavy atom. The summed E-state index contributed by atoms with van der Waals surface area (Å²) >= 11 is 0. The van der Waals surface area contributed by atoms with E-state index in [4.69, 9.17) is 9.47 Å². The van der Waals surface area contributed by atoms with Crippen molar-refractivity contribution in [2.24, 2.45) is 0 Å². The lowest BCUT2D eigenvalue weighted by molar-refractivity contribution is -0.133. The number of hydrogen-bond acceptors (Lipinski definition) is 4. The number of rotatable bonds is 6. The fourth-order valence-corrected chi connectivity index (χ4v) is 0.639. The van der Waals surface area contributed by atoms with E-state index in [-0.39, 0.29) is 12.2 Å². The molecule has 0 aromatic rings. The van der Waals surface area contributed by atoms with Crippen LogP contribution in [-0.4, -0.2) is 33.4 Å². The Morgan fingerprint density at radius 2 is 1.92 bits per heavy atom. The maximum absolute atomic E-state index is 11.0. The molecule has 0 radical (unpaired) electrons. The first-order chi connectivity index (χ1) is 5.74. The van der Waals surface area contributed by atoms with Gasteiger partial charge in [-0.05, 0) is 0 Å². The molecule has 0 aliphatic carbocycles. The van der Waals surface area contributed by atoms with E-state index in [1.54, 1.807) is 0 Å². The Labute approximate surface area is 72.1 Å². The highest BCUT2D eigenvalue weighted by molar-refractivity contribution is 5.89. The Morgan fingerprint density at radius 1 is 1.33 bits per heavy atom. The lowest BCUT2D eigenvalue weighted by Gasteiger charge is -2.10. The molecule has 0 amide bonds. The van der Waals surface area contributed by atoms with Crippen molar-refractivity contribution in [3.63, 3.8) is 0 Å². The topological polar surface area (TPSA) is 44.8 Å². The van der Waals surface area contributed by atoms with Gasteiger partial charge >= 0.3 is 0 Å². The molecular weight excluding hydrogens is 160 g/mol. The van der Waals surface area contributed by atoms with Gasteiger partial charge in [0.1, 0.15) is 0 Å². The Hall–Kier alpha value is -0.870. The predicted octanol–water partition coefficient (Wildman–Crippen LogP) is 0.725. The second kappa shape index (κ2) is 6.82. The fraction of sp³-hybridized carbons (Fsp3) is 0.625. The quantitative estimate of drug-likeness (QED) is 0.338. The summed E-state index contributed by atoms with van der Waals surface area (Å²) in [5.74, 6) is -0.0921. The lowest BCUT2D eigenvalue weighted by atomic mass is 10.3. The van der Waals surface area contributed by atoms with Gasteiger partial charge in [-0.2, -0.15) is 0 Å².